The predicted octanol–water partition coefficient (Wildman–Crippen LogP) is 4.21. The summed E-state index contributed by atoms with van der Waals surface area (Å²) in [6.45, 7) is 5.36. The minimum Gasteiger partial charge on any atom is -0.444 e. The Labute approximate surface area is 147 Å². The monoisotopic (exact) mass is 398 g/mol. The molecule has 0 saturated heterocycles. The molecule has 0 bridgehead atoms. The average molecular weight is 399 g/mol. The second-order valence-corrected chi connectivity index (χ2v) is 7.69. The molecule has 0 spiro atoms. The van der Waals surface area contributed by atoms with Crippen LogP contribution < -0.4 is 5.32 Å². The molecule has 0 fully saturated rings. The summed E-state index contributed by atoms with van der Waals surface area (Å²) >= 11 is 4.65. The number of aromatic nitrogens is 1. The van der Waals surface area contributed by atoms with E-state index >= 15 is 0 Å². The number of amides is 1. The van der Waals surface area contributed by atoms with Crippen molar-refractivity contribution in [3.05, 3.63) is 50.9 Å². The molecular weight excluding hydrogens is 380 g/mol. The summed E-state index contributed by atoms with van der Waals surface area (Å²) in [5.41, 5.74) is 0.0791. The van der Waals surface area contributed by atoms with Crippen LogP contribution in [0.15, 0.2) is 40.3 Å². The van der Waals surface area contributed by atoms with Crippen LogP contribution in [0.3, 0.4) is 0 Å². The average Bonchev–Trinajstić information content (AvgIpc) is 2.89. The Balaban J connectivity index is 2.24. The molecule has 7 heteroatoms. The SMILES string of the molecule is CC(C)(C)OC(=O)N[C@@H](c1nc(Br)cs1)[C@H](O)c1ccccc1. The summed E-state index contributed by atoms with van der Waals surface area (Å²) in [5, 5.41) is 15.8. The summed E-state index contributed by atoms with van der Waals surface area (Å²) < 4.78 is 5.95. The van der Waals surface area contributed by atoms with E-state index < -0.39 is 23.8 Å². The molecule has 2 rings (SSSR count). The molecule has 23 heavy (non-hydrogen) atoms. The highest BCUT2D eigenvalue weighted by Crippen LogP contribution is 2.32. The molecule has 2 aromatic rings. The van der Waals surface area contributed by atoms with Crippen LogP contribution in [-0.2, 0) is 4.74 Å². The Hall–Kier alpha value is -1.44. The maximum absolute atomic E-state index is 12.1. The van der Waals surface area contributed by atoms with Gasteiger partial charge in [-0.05, 0) is 42.3 Å². The van der Waals surface area contributed by atoms with Gasteiger partial charge >= 0.3 is 6.09 Å². The Morgan fingerprint density at radius 3 is 2.52 bits per heavy atom. The molecule has 0 saturated carbocycles. The number of nitrogens with one attached hydrogen (secondary N) is 1. The summed E-state index contributed by atoms with van der Waals surface area (Å²) in [6.07, 6.45) is -1.52. The third kappa shape index (κ3) is 5.30. The van der Waals surface area contributed by atoms with Crippen LogP contribution in [0.25, 0.3) is 0 Å². The number of alkyl carbamates (subject to hydrolysis) is 1. The highest BCUT2D eigenvalue weighted by molar-refractivity contribution is 9.10. The molecule has 0 aliphatic heterocycles. The van der Waals surface area contributed by atoms with Gasteiger partial charge in [-0.2, -0.15) is 0 Å². The number of ether oxygens (including phenoxy) is 1. The lowest BCUT2D eigenvalue weighted by atomic mass is 10.0. The van der Waals surface area contributed by atoms with E-state index in [1.807, 2.05) is 18.2 Å². The van der Waals surface area contributed by atoms with E-state index in [0.29, 0.717) is 15.2 Å². The molecule has 1 aromatic heterocycles. The van der Waals surface area contributed by atoms with Gasteiger partial charge in [-0.15, -0.1) is 11.3 Å². The Bertz CT molecular complexity index is 655. The largest absolute Gasteiger partial charge is 0.444 e. The fourth-order valence-electron chi connectivity index (χ4n) is 1.96. The molecular formula is C16H19BrN2O3S. The van der Waals surface area contributed by atoms with Crippen LogP contribution in [0, 0.1) is 0 Å². The molecule has 1 amide bonds. The lowest BCUT2D eigenvalue weighted by molar-refractivity contribution is 0.0419. The van der Waals surface area contributed by atoms with Crippen molar-refractivity contribution in [2.75, 3.05) is 0 Å². The van der Waals surface area contributed by atoms with Gasteiger partial charge in [0.05, 0.1) is 0 Å². The number of aliphatic hydroxyl groups is 1. The molecule has 5 nitrogen and oxygen atoms in total. The van der Waals surface area contributed by atoms with Crippen molar-refractivity contribution < 1.29 is 14.6 Å². The normalized spacial score (nSPS) is 14.1. The molecule has 0 radical (unpaired) electrons. The number of benzene rings is 1. The van der Waals surface area contributed by atoms with E-state index in [-0.39, 0.29) is 0 Å². The van der Waals surface area contributed by atoms with Crippen molar-refractivity contribution >= 4 is 33.4 Å². The van der Waals surface area contributed by atoms with E-state index in [0.717, 1.165) is 0 Å². The standard InChI is InChI=1S/C16H19BrN2O3S/c1-16(2,3)22-15(21)19-12(14-18-11(17)9-23-14)13(20)10-7-5-4-6-8-10/h4-9,12-13,20H,1-3H3,(H,19,21)/t12-,13-/m1/s1. The lowest BCUT2D eigenvalue weighted by Gasteiger charge is -2.25. The van der Waals surface area contributed by atoms with Crippen molar-refractivity contribution in [2.45, 2.75) is 38.5 Å². The molecule has 2 atom stereocenters. The van der Waals surface area contributed by atoms with Crippen molar-refractivity contribution in [2.24, 2.45) is 0 Å². The molecule has 2 N–H and O–H groups in total. The zero-order valence-electron chi connectivity index (χ0n) is 13.1. The maximum Gasteiger partial charge on any atom is 0.408 e. The van der Waals surface area contributed by atoms with Crippen LogP contribution in [-0.4, -0.2) is 21.8 Å². The summed E-state index contributed by atoms with van der Waals surface area (Å²) in [5.74, 6) is 0. The number of halogens is 1. The maximum atomic E-state index is 12.1. The van der Waals surface area contributed by atoms with Crippen LogP contribution in [0.4, 0.5) is 4.79 Å². The molecule has 1 aromatic carbocycles. The number of carbonyl (C=O) groups excluding carboxylic acids is 1. The number of carbonyl (C=O) groups is 1. The summed E-state index contributed by atoms with van der Waals surface area (Å²) in [7, 11) is 0. The Kier molecular flexibility index (Phi) is 5.78. The van der Waals surface area contributed by atoms with Crippen molar-refractivity contribution in [3.8, 4) is 0 Å². The minimum atomic E-state index is -0.929. The van der Waals surface area contributed by atoms with Crippen molar-refractivity contribution in [1.29, 1.82) is 0 Å². The van der Waals surface area contributed by atoms with Crippen LogP contribution in [0.1, 0.15) is 43.5 Å². The first kappa shape index (κ1) is 17.9. The van der Waals surface area contributed by atoms with E-state index in [1.54, 1.807) is 38.3 Å². The van der Waals surface area contributed by atoms with E-state index in [2.05, 4.69) is 26.2 Å². The van der Waals surface area contributed by atoms with E-state index in [9.17, 15) is 9.90 Å². The van der Waals surface area contributed by atoms with Gasteiger partial charge in [0.15, 0.2) is 0 Å². The van der Waals surface area contributed by atoms with Gasteiger partial charge in [-0.3, -0.25) is 0 Å². The topological polar surface area (TPSA) is 71.5 Å². The Morgan fingerprint density at radius 1 is 1.35 bits per heavy atom. The number of hydrogen-bond acceptors (Lipinski definition) is 5. The number of thiazole rings is 1. The first-order valence-corrected chi connectivity index (χ1v) is 8.77. The van der Waals surface area contributed by atoms with Gasteiger partial charge in [-0.25, -0.2) is 9.78 Å². The molecule has 1 heterocycles. The third-order valence-corrected chi connectivity index (χ3v) is 4.53. The third-order valence-electron chi connectivity index (χ3n) is 2.89. The van der Waals surface area contributed by atoms with E-state index in [4.69, 9.17) is 4.74 Å². The highest BCUT2D eigenvalue weighted by Gasteiger charge is 2.29. The van der Waals surface area contributed by atoms with E-state index in [1.165, 1.54) is 11.3 Å². The number of hydrogen-bond donors (Lipinski definition) is 2. The Morgan fingerprint density at radius 2 is 2.00 bits per heavy atom. The number of rotatable bonds is 4. The molecule has 0 aliphatic rings. The van der Waals surface area contributed by atoms with Gasteiger partial charge in [0, 0.05) is 5.38 Å². The lowest BCUT2D eigenvalue weighted by Crippen LogP contribution is -2.37. The molecule has 0 aliphatic carbocycles. The number of nitrogens with zero attached hydrogens (tertiary/aromatic N) is 1. The first-order chi connectivity index (χ1) is 10.8. The predicted molar refractivity (Wildman–Crippen MR) is 93.3 cm³/mol. The zero-order chi connectivity index (χ0) is 17.0. The van der Waals surface area contributed by atoms with Crippen LogP contribution in [0.5, 0.6) is 0 Å². The smallest absolute Gasteiger partial charge is 0.408 e. The van der Waals surface area contributed by atoms with Gasteiger partial charge in [0.2, 0.25) is 0 Å². The van der Waals surface area contributed by atoms with Gasteiger partial charge in [0.1, 0.15) is 27.4 Å². The fraction of sp³-hybridized carbons (Fsp3) is 0.375. The fourth-order valence-corrected chi connectivity index (χ4v) is 3.31. The quantitative estimate of drug-likeness (QED) is 0.808. The summed E-state index contributed by atoms with van der Waals surface area (Å²) in [6, 6.07) is 8.45. The molecule has 124 valence electrons. The van der Waals surface area contributed by atoms with Crippen LogP contribution >= 0.6 is 27.3 Å². The summed E-state index contributed by atoms with van der Waals surface area (Å²) in [4.78, 5) is 16.4. The molecule has 0 unspecified atom stereocenters. The minimum absolute atomic E-state index is 0.594. The van der Waals surface area contributed by atoms with Crippen molar-refractivity contribution in [3.63, 3.8) is 0 Å². The van der Waals surface area contributed by atoms with Gasteiger partial charge in [-0.1, -0.05) is 30.3 Å². The van der Waals surface area contributed by atoms with Crippen molar-refractivity contribution in [1.82, 2.24) is 10.3 Å². The number of aliphatic hydroxyl groups excluding tert-OH is 1. The zero-order valence-corrected chi connectivity index (χ0v) is 15.5. The highest BCUT2D eigenvalue weighted by atomic mass is 79.9. The van der Waals surface area contributed by atoms with Gasteiger partial charge in [0.25, 0.3) is 0 Å². The van der Waals surface area contributed by atoms with Gasteiger partial charge < -0.3 is 15.2 Å². The van der Waals surface area contributed by atoms with Crippen LogP contribution in [0.2, 0.25) is 0 Å². The second kappa shape index (κ2) is 7.42. The first-order valence-electron chi connectivity index (χ1n) is 7.10. The second-order valence-electron chi connectivity index (χ2n) is 5.99.